The highest BCUT2D eigenvalue weighted by atomic mass is 19.1. The largest absolute Gasteiger partial charge is 0.492 e. The Morgan fingerprint density at radius 2 is 2.17 bits per heavy atom. The zero-order valence-corrected chi connectivity index (χ0v) is 13.4. The van der Waals surface area contributed by atoms with Crippen molar-refractivity contribution in [2.24, 2.45) is 0 Å². The van der Waals surface area contributed by atoms with Crippen LogP contribution in [0.2, 0.25) is 0 Å². The molecule has 1 saturated heterocycles. The Kier molecular flexibility index (Phi) is 7.29. The van der Waals surface area contributed by atoms with Gasteiger partial charge in [0.15, 0.2) is 0 Å². The molecule has 2 rings (SSSR count). The van der Waals surface area contributed by atoms with Gasteiger partial charge in [0.1, 0.15) is 24.3 Å². The molecule has 0 aromatic heterocycles. The molecule has 23 heavy (non-hydrogen) atoms. The Labute approximate surface area is 136 Å². The predicted molar refractivity (Wildman–Crippen MR) is 83.9 cm³/mol. The molecule has 0 radical (unpaired) electrons. The second kappa shape index (κ2) is 9.47. The minimum Gasteiger partial charge on any atom is -0.492 e. The molecule has 1 aromatic carbocycles. The Balaban J connectivity index is 1.57. The Morgan fingerprint density at radius 3 is 2.87 bits per heavy atom. The summed E-state index contributed by atoms with van der Waals surface area (Å²) in [5.41, 5.74) is 0. The summed E-state index contributed by atoms with van der Waals surface area (Å²) in [6, 6.07) is 5.76. The molecule has 1 N–H and O–H groups in total. The van der Waals surface area contributed by atoms with Gasteiger partial charge in [-0.2, -0.15) is 0 Å². The van der Waals surface area contributed by atoms with Gasteiger partial charge >= 0.3 is 0 Å². The summed E-state index contributed by atoms with van der Waals surface area (Å²) in [4.78, 5) is 11.9. The van der Waals surface area contributed by atoms with Crippen molar-refractivity contribution in [1.29, 1.82) is 0 Å². The number of carbonyl (C=O) groups is 1. The zero-order chi connectivity index (χ0) is 16.5. The van der Waals surface area contributed by atoms with Crippen molar-refractivity contribution in [3.05, 3.63) is 30.1 Å². The van der Waals surface area contributed by atoms with Gasteiger partial charge in [-0.1, -0.05) is 0 Å². The van der Waals surface area contributed by atoms with E-state index in [0.717, 1.165) is 25.9 Å². The Hall–Kier alpha value is -1.66. The molecule has 0 bridgehead atoms. The van der Waals surface area contributed by atoms with Gasteiger partial charge in [-0.15, -0.1) is 0 Å². The summed E-state index contributed by atoms with van der Waals surface area (Å²) in [6.45, 7) is 3.62. The van der Waals surface area contributed by atoms with Gasteiger partial charge in [0.2, 0.25) is 5.91 Å². The van der Waals surface area contributed by atoms with Crippen LogP contribution in [-0.4, -0.2) is 44.5 Å². The molecule has 1 fully saturated rings. The molecule has 0 spiro atoms. The molecular weight excluding hydrogens is 301 g/mol. The van der Waals surface area contributed by atoms with Gasteiger partial charge in [-0.3, -0.25) is 4.79 Å². The molecule has 0 saturated carbocycles. The predicted octanol–water partition coefficient (Wildman–Crippen LogP) is 2.29. The highest BCUT2D eigenvalue weighted by Crippen LogP contribution is 2.13. The lowest BCUT2D eigenvalue weighted by atomic mass is 10.1. The third kappa shape index (κ3) is 6.54. The number of benzene rings is 1. The topological polar surface area (TPSA) is 56.8 Å². The first-order valence-electron chi connectivity index (χ1n) is 8.04. The SMILES string of the molecule is CC(OCC1CCCCO1)C(=O)NCCOc1ccc(F)cc1. The number of carbonyl (C=O) groups excluding carboxylic acids is 1. The minimum absolute atomic E-state index is 0.0980. The molecule has 0 aliphatic carbocycles. The lowest BCUT2D eigenvalue weighted by molar-refractivity contribution is -0.135. The van der Waals surface area contributed by atoms with Crippen molar-refractivity contribution in [2.45, 2.75) is 38.4 Å². The molecule has 2 atom stereocenters. The molecule has 6 heteroatoms. The van der Waals surface area contributed by atoms with Crippen LogP contribution in [0.15, 0.2) is 24.3 Å². The van der Waals surface area contributed by atoms with Gasteiger partial charge in [0.25, 0.3) is 0 Å². The van der Waals surface area contributed by atoms with Crippen molar-refractivity contribution in [3.63, 3.8) is 0 Å². The number of nitrogens with one attached hydrogen (secondary N) is 1. The second-order valence-electron chi connectivity index (χ2n) is 5.56. The maximum Gasteiger partial charge on any atom is 0.248 e. The van der Waals surface area contributed by atoms with E-state index in [2.05, 4.69) is 5.32 Å². The van der Waals surface area contributed by atoms with Crippen molar-refractivity contribution < 1.29 is 23.4 Å². The summed E-state index contributed by atoms with van der Waals surface area (Å²) in [5.74, 6) is 0.0847. The number of hydrogen-bond acceptors (Lipinski definition) is 4. The number of halogens is 1. The fraction of sp³-hybridized carbons (Fsp3) is 0.588. The van der Waals surface area contributed by atoms with E-state index in [4.69, 9.17) is 14.2 Å². The lowest BCUT2D eigenvalue weighted by Crippen LogP contribution is -2.38. The summed E-state index contributed by atoms with van der Waals surface area (Å²) >= 11 is 0. The highest BCUT2D eigenvalue weighted by molar-refractivity contribution is 5.80. The van der Waals surface area contributed by atoms with Crippen molar-refractivity contribution in [2.75, 3.05) is 26.4 Å². The van der Waals surface area contributed by atoms with Crippen molar-refractivity contribution in [1.82, 2.24) is 5.32 Å². The molecule has 1 aliphatic rings. The van der Waals surface area contributed by atoms with Crippen LogP contribution in [0.4, 0.5) is 4.39 Å². The van der Waals surface area contributed by atoms with E-state index in [0.29, 0.717) is 25.5 Å². The van der Waals surface area contributed by atoms with Crippen molar-refractivity contribution in [3.8, 4) is 5.75 Å². The standard InChI is InChI=1S/C17H24FNO4/c1-13(23-12-16-4-2-3-10-21-16)17(20)19-9-11-22-15-7-5-14(18)6-8-15/h5-8,13,16H,2-4,9-12H2,1H3,(H,19,20). The summed E-state index contributed by atoms with van der Waals surface area (Å²) in [7, 11) is 0. The smallest absolute Gasteiger partial charge is 0.248 e. The number of rotatable bonds is 8. The molecule has 128 valence electrons. The Morgan fingerprint density at radius 1 is 1.39 bits per heavy atom. The lowest BCUT2D eigenvalue weighted by Gasteiger charge is -2.23. The third-order valence-corrected chi connectivity index (χ3v) is 3.66. The van der Waals surface area contributed by atoms with Crippen LogP contribution >= 0.6 is 0 Å². The molecule has 1 aliphatic heterocycles. The summed E-state index contributed by atoms with van der Waals surface area (Å²) in [6.07, 6.45) is 2.81. The quantitative estimate of drug-likeness (QED) is 0.745. The first-order chi connectivity index (χ1) is 11.1. The normalized spacial score (nSPS) is 19.1. The fourth-order valence-electron chi connectivity index (χ4n) is 2.28. The van der Waals surface area contributed by atoms with E-state index in [1.807, 2.05) is 0 Å². The van der Waals surface area contributed by atoms with E-state index < -0.39 is 6.10 Å². The van der Waals surface area contributed by atoms with Crippen LogP contribution in [0.1, 0.15) is 26.2 Å². The molecule has 5 nitrogen and oxygen atoms in total. The van der Waals surface area contributed by atoms with E-state index in [1.165, 1.54) is 12.1 Å². The van der Waals surface area contributed by atoms with Crippen LogP contribution in [0.25, 0.3) is 0 Å². The van der Waals surface area contributed by atoms with Crippen LogP contribution in [-0.2, 0) is 14.3 Å². The first kappa shape index (κ1) is 17.7. The molecule has 1 amide bonds. The average molecular weight is 325 g/mol. The van der Waals surface area contributed by atoms with Gasteiger partial charge in [0, 0.05) is 6.61 Å². The monoisotopic (exact) mass is 325 g/mol. The molecule has 2 unspecified atom stereocenters. The van der Waals surface area contributed by atoms with Crippen molar-refractivity contribution >= 4 is 5.91 Å². The summed E-state index contributed by atoms with van der Waals surface area (Å²) < 4.78 is 29.3. The maximum atomic E-state index is 12.7. The van der Waals surface area contributed by atoms with E-state index in [-0.39, 0.29) is 17.8 Å². The zero-order valence-electron chi connectivity index (χ0n) is 13.4. The van der Waals surface area contributed by atoms with Gasteiger partial charge in [0.05, 0.1) is 19.3 Å². The van der Waals surface area contributed by atoms with Crippen LogP contribution in [0, 0.1) is 5.82 Å². The molecule has 1 heterocycles. The van der Waals surface area contributed by atoms with E-state index in [9.17, 15) is 9.18 Å². The van der Waals surface area contributed by atoms with Gasteiger partial charge in [-0.25, -0.2) is 4.39 Å². The van der Waals surface area contributed by atoms with Crippen LogP contribution in [0.5, 0.6) is 5.75 Å². The molecular formula is C17H24FNO4. The van der Waals surface area contributed by atoms with Gasteiger partial charge in [-0.05, 0) is 50.5 Å². The Bertz CT molecular complexity index is 474. The first-order valence-corrected chi connectivity index (χ1v) is 8.04. The number of hydrogen-bond donors (Lipinski definition) is 1. The van der Waals surface area contributed by atoms with E-state index >= 15 is 0 Å². The van der Waals surface area contributed by atoms with Gasteiger partial charge < -0.3 is 19.5 Å². The number of amides is 1. The average Bonchev–Trinajstić information content (AvgIpc) is 2.59. The summed E-state index contributed by atoms with van der Waals surface area (Å²) in [5, 5.41) is 2.75. The minimum atomic E-state index is -0.522. The van der Waals surface area contributed by atoms with Crippen LogP contribution in [0.3, 0.4) is 0 Å². The third-order valence-electron chi connectivity index (χ3n) is 3.66. The fourth-order valence-corrected chi connectivity index (χ4v) is 2.28. The number of ether oxygens (including phenoxy) is 3. The highest BCUT2D eigenvalue weighted by Gasteiger charge is 2.18. The van der Waals surface area contributed by atoms with E-state index in [1.54, 1.807) is 19.1 Å². The maximum absolute atomic E-state index is 12.7. The van der Waals surface area contributed by atoms with Crippen LogP contribution < -0.4 is 10.1 Å². The molecule has 1 aromatic rings. The second-order valence-corrected chi connectivity index (χ2v) is 5.56.